The first-order valence-corrected chi connectivity index (χ1v) is 14.0. The van der Waals surface area contributed by atoms with Crippen molar-refractivity contribution in [1.29, 1.82) is 5.26 Å². The molecule has 9 heteroatoms. The topological polar surface area (TPSA) is 114 Å². The van der Waals surface area contributed by atoms with Crippen LogP contribution in [0.1, 0.15) is 64.9 Å². The Morgan fingerprint density at radius 3 is 1.98 bits per heavy atom. The molecule has 1 aliphatic carbocycles. The minimum absolute atomic E-state index is 0.0489. The maximum Gasteiger partial charge on any atom is 0.270 e. The molecule has 2 aromatic carbocycles. The van der Waals surface area contributed by atoms with E-state index in [0.29, 0.717) is 29.9 Å². The van der Waals surface area contributed by atoms with E-state index in [9.17, 15) is 9.59 Å². The van der Waals surface area contributed by atoms with Crippen molar-refractivity contribution in [3.05, 3.63) is 83.7 Å². The molecule has 3 aromatic rings. The van der Waals surface area contributed by atoms with Crippen molar-refractivity contribution < 1.29 is 23.8 Å². The van der Waals surface area contributed by atoms with Gasteiger partial charge in [-0.15, -0.1) is 0 Å². The number of aromatic nitrogens is 1. The van der Waals surface area contributed by atoms with Gasteiger partial charge >= 0.3 is 0 Å². The highest BCUT2D eigenvalue weighted by Crippen LogP contribution is 2.25. The standard InChI is InChI=1S/C32H34N4O5/c1-39-25-11-13-28(14-12-25)41-29-16-18-36(19-17-29)32(38)23-4-15-30(34-21-23)31(37)35-24-5-9-27(10-6-24)40-26-7-2-22(20-33)3-8-26/h2-4,7-8,11-15,21,24,27,29H,5-6,9-10,16-19H2,1H3,(H,35,37). The number of methoxy groups -OCH3 is 1. The number of hydrogen-bond acceptors (Lipinski definition) is 7. The predicted octanol–water partition coefficient (Wildman–Crippen LogP) is 4.77. The Morgan fingerprint density at radius 1 is 0.829 bits per heavy atom. The van der Waals surface area contributed by atoms with Gasteiger partial charge in [-0.2, -0.15) is 5.26 Å². The van der Waals surface area contributed by atoms with Crippen LogP contribution < -0.4 is 19.5 Å². The number of rotatable bonds is 8. The summed E-state index contributed by atoms with van der Waals surface area (Å²) in [7, 11) is 1.63. The number of piperidine rings is 1. The van der Waals surface area contributed by atoms with Crippen LogP contribution >= 0.6 is 0 Å². The monoisotopic (exact) mass is 554 g/mol. The average Bonchev–Trinajstić information content (AvgIpc) is 3.03. The zero-order valence-corrected chi connectivity index (χ0v) is 23.1. The molecule has 0 radical (unpaired) electrons. The number of benzene rings is 2. The Bertz CT molecular complexity index is 1350. The van der Waals surface area contributed by atoms with Crippen molar-refractivity contribution in [2.45, 2.75) is 56.8 Å². The van der Waals surface area contributed by atoms with Crippen LogP contribution in [-0.2, 0) is 0 Å². The Morgan fingerprint density at radius 2 is 1.41 bits per heavy atom. The molecule has 5 rings (SSSR count). The Hall–Kier alpha value is -4.58. The second-order valence-corrected chi connectivity index (χ2v) is 10.4. The normalized spacial score (nSPS) is 19.1. The molecule has 1 aromatic heterocycles. The third-order valence-electron chi connectivity index (χ3n) is 7.63. The fourth-order valence-electron chi connectivity index (χ4n) is 5.25. The summed E-state index contributed by atoms with van der Waals surface area (Å²) in [4.78, 5) is 31.9. The van der Waals surface area contributed by atoms with E-state index in [4.69, 9.17) is 19.5 Å². The fourth-order valence-corrected chi connectivity index (χ4v) is 5.25. The third-order valence-corrected chi connectivity index (χ3v) is 7.63. The van der Waals surface area contributed by atoms with E-state index in [1.165, 1.54) is 6.20 Å². The Balaban J connectivity index is 1.05. The lowest BCUT2D eigenvalue weighted by atomic mass is 9.92. The summed E-state index contributed by atoms with van der Waals surface area (Å²) in [5.41, 5.74) is 1.37. The number of pyridine rings is 1. The summed E-state index contributed by atoms with van der Waals surface area (Å²) in [6.45, 7) is 1.19. The molecular weight excluding hydrogens is 520 g/mol. The summed E-state index contributed by atoms with van der Waals surface area (Å²) in [5, 5.41) is 12.0. The molecule has 0 spiro atoms. The zero-order chi connectivity index (χ0) is 28.6. The van der Waals surface area contributed by atoms with Crippen molar-refractivity contribution in [2.75, 3.05) is 20.2 Å². The number of nitrogens with one attached hydrogen (secondary N) is 1. The van der Waals surface area contributed by atoms with Crippen LogP contribution in [0.25, 0.3) is 0 Å². The lowest BCUT2D eigenvalue weighted by molar-refractivity contribution is 0.0594. The van der Waals surface area contributed by atoms with E-state index >= 15 is 0 Å². The average molecular weight is 555 g/mol. The summed E-state index contributed by atoms with van der Waals surface area (Å²) >= 11 is 0. The molecule has 9 nitrogen and oxygen atoms in total. The molecule has 1 aliphatic heterocycles. The third kappa shape index (κ3) is 7.34. The molecule has 1 saturated carbocycles. The van der Waals surface area contributed by atoms with Gasteiger partial charge in [-0.05, 0) is 86.3 Å². The highest BCUT2D eigenvalue weighted by atomic mass is 16.5. The molecule has 2 heterocycles. The highest BCUT2D eigenvalue weighted by Gasteiger charge is 2.26. The van der Waals surface area contributed by atoms with Crippen LogP contribution in [0, 0.1) is 11.3 Å². The van der Waals surface area contributed by atoms with Crippen LogP contribution in [0.15, 0.2) is 66.9 Å². The summed E-state index contributed by atoms with van der Waals surface area (Å²) in [5.74, 6) is 1.99. The fraction of sp³-hybridized carbons (Fsp3) is 0.375. The van der Waals surface area contributed by atoms with Gasteiger partial charge in [0.2, 0.25) is 0 Å². The van der Waals surface area contributed by atoms with Gasteiger partial charge in [-0.1, -0.05) is 0 Å². The van der Waals surface area contributed by atoms with Crippen molar-refractivity contribution >= 4 is 11.8 Å². The predicted molar refractivity (Wildman–Crippen MR) is 152 cm³/mol. The maximum absolute atomic E-state index is 13.0. The van der Waals surface area contributed by atoms with Gasteiger partial charge in [0.15, 0.2) is 0 Å². The largest absolute Gasteiger partial charge is 0.497 e. The van der Waals surface area contributed by atoms with E-state index in [-0.39, 0.29) is 30.1 Å². The number of amides is 2. The molecule has 0 bridgehead atoms. The van der Waals surface area contributed by atoms with E-state index in [1.807, 2.05) is 41.3 Å². The van der Waals surface area contributed by atoms with E-state index in [0.717, 1.165) is 55.8 Å². The number of hydrogen-bond donors (Lipinski definition) is 1. The summed E-state index contributed by atoms with van der Waals surface area (Å²) < 4.78 is 17.3. The number of nitriles is 1. The Labute approximate surface area is 240 Å². The molecule has 0 unspecified atom stereocenters. The summed E-state index contributed by atoms with van der Waals surface area (Å²) in [6.07, 6.45) is 6.37. The zero-order valence-electron chi connectivity index (χ0n) is 23.1. The lowest BCUT2D eigenvalue weighted by Gasteiger charge is -2.32. The molecule has 2 fully saturated rings. The maximum atomic E-state index is 13.0. The molecular formula is C32H34N4O5. The van der Waals surface area contributed by atoms with Gasteiger partial charge in [0.1, 0.15) is 29.0 Å². The number of nitrogens with zero attached hydrogens (tertiary/aromatic N) is 3. The van der Waals surface area contributed by atoms with Crippen molar-refractivity contribution in [3.8, 4) is 23.3 Å². The van der Waals surface area contributed by atoms with Gasteiger partial charge < -0.3 is 24.4 Å². The first-order valence-electron chi connectivity index (χ1n) is 14.0. The minimum Gasteiger partial charge on any atom is -0.497 e. The second-order valence-electron chi connectivity index (χ2n) is 10.4. The van der Waals surface area contributed by atoms with E-state index < -0.39 is 0 Å². The van der Waals surface area contributed by atoms with Crippen LogP contribution in [0.2, 0.25) is 0 Å². The second kappa shape index (κ2) is 13.2. The van der Waals surface area contributed by atoms with Crippen LogP contribution in [0.3, 0.4) is 0 Å². The first kappa shape index (κ1) is 28.0. The molecule has 2 aliphatic rings. The van der Waals surface area contributed by atoms with Crippen molar-refractivity contribution in [1.82, 2.24) is 15.2 Å². The lowest BCUT2D eigenvalue weighted by Crippen LogP contribution is -2.42. The molecule has 1 N–H and O–H groups in total. The van der Waals surface area contributed by atoms with Crippen molar-refractivity contribution in [2.24, 2.45) is 0 Å². The number of likely N-dealkylation sites (tertiary alicyclic amines) is 1. The molecule has 1 saturated heterocycles. The van der Waals surface area contributed by atoms with Gasteiger partial charge in [0, 0.05) is 38.2 Å². The first-order chi connectivity index (χ1) is 20.0. The van der Waals surface area contributed by atoms with Crippen LogP contribution in [-0.4, -0.2) is 60.1 Å². The van der Waals surface area contributed by atoms with E-state index in [2.05, 4.69) is 16.4 Å². The van der Waals surface area contributed by atoms with Gasteiger partial charge in [0.25, 0.3) is 11.8 Å². The summed E-state index contributed by atoms with van der Waals surface area (Å²) in [6, 6.07) is 20.1. The molecule has 41 heavy (non-hydrogen) atoms. The minimum atomic E-state index is -0.239. The van der Waals surface area contributed by atoms with Crippen LogP contribution in [0.5, 0.6) is 17.2 Å². The quantitative estimate of drug-likeness (QED) is 0.427. The van der Waals surface area contributed by atoms with Gasteiger partial charge in [0.05, 0.1) is 30.4 Å². The smallest absolute Gasteiger partial charge is 0.270 e. The van der Waals surface area contributed by atoms with Crippen molar-refractivity contribution in [3.63, 3.8) is 0 Å². The highest BCUT2D eigenvalue weighted by molar-refractivity contribution is 5.96. The Kier molecular flexibility index (Phi) is 8.99. The van der Waals surface area contributed by atoms with Crippen LogP contribution in [0.4, 0.5) is 0 Å². The molecule has 212 valence electrons. The SMILES string of the molecule is COc1ccc(OC2CCN(C(=O)c3ccc(C(=O)NC4CCC(Oc5ccc(C#N)cc5)CC4)nc3)CC2)cc1. The number of ether oxygens (including phenoxy) is 3. The van der Waals surface area contributed by atoms with E-state index in [1.54, 1.807) is 31.4 Å². The van der Waals surface area contributed by atoms with Gasteiger partial charge in [-0.3, -0.25) is 14.6 Å². The van der Waals surface area contributed by atoms with Gasteiger partial charge in [-0.25, -0.2) is 0 Å². The molecule has 0 atom stereocenters. The molecule has 2 amide bonds. The number of carbonyl (C=O) groups is 2. The number of carbonyl (C=O) groups excluding carboxylic acids is 2.